The Morgan fingerprint density at radius 2 is 2.07 bits per heavy atom. The van der Waals surface area contributed by atoms with Gasteiger partial charge < -0.3 is 9.47 Å². The Morgan fingerprint density at radius 3 is 2.83 bits per heavy atom. The van der Waals surface area contributed by atoms with E-state index in [0.29, 0.717) is 25.4 Å². The van der Waals surface area contributed by atoms with E-state index >= 15 is 0 Å². The monoisotopic (exact) mass is 417 g/mol. The maximum Gasteiger partial charge on any atom is 0.162 e. The molecule has 0 unspecified atom stereocenters. The maximum absolute atomic E-state index is 13.3. The van der Waals surface area contributed by atoms with Gasteiger partial charge in [-0.05, 0) is 18.2 Å². The van der Waals surface area contributed by atoms with Crippen molar-refractivity contribution in [3.63, 3.8) is 0 Å². The van der Waals surface area contributed by atoms with Gasteiger partial charge in [-0.25, -0.2) is 8.78 Å². The van der Waals surface area contributed by atoms with E-state index < -0.39 is 11.6 Å². The lowest BCUT2D eigenvalue weighted by Crippen LogP contribution is -2.37. The average Bonchev–Trinajstić information content (AvgIpc) is 3.30. The van der Waals surface area contributed by atoms with Gasteiger partial charge in [0, 0.05) is 63.7 Å². The van der Waals surface area contributed by atoms with Gasteiger partial charge in [0.05, 0.1) is 25.1 Å². The highest BCUT2D eigenvalue weighted by molar-refractivity contribution is 5.23. The molecule has 1 aliphatic rings. The van der Waals surface area contributed by atoms with Crippen LogP contribution < -0.4 is 4.74 Å². The summed E-state index contributed by atoms with van der Waals surface area (Å²) in [5, 5.41) is 8.84. The summed E-state index contributed by atoms with van der Waals surface area (Å²) in [7, 11) is 3.80. The molecule has 3 aromatic rings. The summed E-state index contributed by atoms with van der Waals surface area (Å²) in [5.74, 6) is -1.50. The normalized spacial score (nSPS) is 17.4. The molecule has 9 heteroatoms. The molecule has 30 heavy (non-hydrogen) atoms. The van der Waals surface area contributed by atoms with Gasteiger partial charge >= 0.3 is 0 Å². The molecule has 1 aliphatic heterocycles. The number of halogens is 2. The Labute approximate surface area is 173 Å². The molecule has 0 bridgehead atoms. The molecule has 3 heterocycles. The number of hydrogen-bond donors (Lipinski definition) is 0. The van der Waals surface area contributed by atoms with Crippen LogP contribution in [0.15, 0.2) is 36.7 Å². The molecule has 0 N–H and O–H groups in total. The number of rotatable bonds is 7. The molecule has 1 fully saturated rings. The molecule has 160 valence electrons. The summed E-state index contributed by atoms with van der Waals surface area (Å²) in [5.41, 5.74) is 3.05. The zero-order valence-electron chi connectivity index (χ0n) is 17.1. The van der Waals surface area contributed by atoms with Crippen molar-refractivity contribution in [2.75, 3.05) is 26.3 Å². The van der Waals surface area contributed by atoms with Gasteiger partial charge in [-0.2, -0.15) is 10.2 Å². The van der Waals surface area contributed by atoms with Crippen LogP contribution in [0.4, 0.5) is 8.78 Å². The molecule has 1 saturated heterocycles. The second-order valence-corrected chi connectivity index (χ2v) is 7.48. The molecule has 0 radical (unpaired) electrons. The van der Waals surface area contributed by atoms with E-state index in [1.807, 2.05) is 37.2 Å². The topological polar surface area (TPSA) is 57.3 Å². The minimum absolute atomic E-state index is 0.0949. The molecular formula is C21H25F2N5O2. The Hall–Kier alpha value is -2.78. The Morgan fingerprint density at radius 1 is 1.20 bits per heavy atom. The van der Waals surface area contributed by atoms with Gasteiger partial charge in [0.25, 0.3) is 0 Å². The number of aryl methyl sites for hydroxylation is 2. The highest BCUT2D eigenvalue weighted by Gasteiger charge is 2.25. The molecule has 0 amide bonds. The third-order valence-electron chi connectivity index (χ3n) is 5.16. The van der Waals surface area contributed by atoms with E-state index in [-0.39, 0.29) is 6.10 Å². The lowest BCUT2D eigenvalue weighted by Gasteiger charge is -2.31. The third-order valence-corrected chi connectivity index (χ3v) is 5.16. The SMILES string of the molecule is Cn1cc(CN2CCO[C@@H](c3cc(CCOc4ccc(F)c(F)c4)n(C)n3)C2)cn1. The number of morpholine rings is 1. The summed E-state index contributed by atoms with van der Waals surface area (Å²) in [6.07, 6.45) is 4.41. The van der Waals surface area contributed by atoms with Crippen LogP contribution in [0.3, 0.4) is 0 Å². The summed E-state index contributed by atoms with van der Waals surface area (Å²) in [6, 6.07) is 5.55. The van der Waals surface area contributed by atoms with E-state index in [1.54, 1.807) is 4.68 Å². The van der Waals surface area contributed by atoms with Gasteiger partial charge in [0.1, 0.15) is 11.9 Å². The number of ether oxygens (including phenoxy) is 2. The predicted octanol–water partition coefficient (Wildman–Crippen LogP) is 2.63. The van der Waals surface area contributed by atoms with Crippen LogP contribution in [0.25, 0.3) is 0 Å². The first-order chi connectivity index (χ1) is 14.5. The van der Waals surface area contributed by atoms with Crippen molar-refractivity contribution in [3.8, 4) is 5.75 Å². The van der Waals surface area contributed by atoms with Crippen molar-refractivity contribution in [2.45, 2.75) is 19.1 Å². The van der Waals surface area contributed by atoms with Crippen molar-refractivity contribution >= 4 is 0 Å². The van der Waals surface area contributed by atoms with E-state index in [4.69, 9.17) is 9.47 Å². The molecule has 2 aromatic heterocycles. The van der Waals surface area contributed by atoms with Crippen LogP contribution >= 0.6 is 0 Å². The molecule has 0 spiro atoms. The highest BCUT2D eigenvalue weighted by atomic mass is 19.2. The standard InChI is InChI=1S/C21H25F2N5O2/c1-26-12-15(11-24-26)13-28-6-8-30-21(14-28)20-9-16(27(2)25-20)5-7-29-17-3-4-18(22)19(23)10-17/h3-4,9-12,21H,5-8,13-14H2,1-2H3/t21-/m1/s1. The number of nitrogens with zero attached hydrogens (tertiary/aromatic N) is 5. The third kappa shape index (κ3) is 4.85. The summed E-state index contributed by atoms with van der Waals surface area (Å²) >= 11 is 0. The zero-order valence-corrected chi connectivity index (χ0v) is 17.1. The van der Waals surface area contributed by atoms with Gasteiger partial charge in [0.15, 0.2) is 11.6 Å². The maximum atomic E-state index is 13.3. The predicted molar refractivity (Wildman–Crippen MR) is 106 cm³/mol. The molecule has 1 atom stereocenters. The fourth-order valence-corrected chi connectivity index (χ4v) is 3.60. The molecule has 4 rings (SSSR count). The zero-order chi connectivity index (χ0) is 21.1. The van der Waals surface area contributed by atoms with Crippen LogP contribution in [0.5, 0.6) is 5.75 Å². The smallest absolute Gasteiger partial charge is 0.162 e. The minimum Gasteiger partial charge on any atom is -0.493 e. The summed E-state index contributed by atoms with van der Waals surface area (Å²) < 4.78 is 41.4. The van der Waals surface area contributed by atoms with Crippen molar-refractivity contribution in [1.29, 1.82) is 0 Å². The molecular weight excluding hydrogens is 392 g/mol. The van der Waals surface area contributed by atoms with Crippen LogP contribution in [0, 0.1) is 11.6 Å². The van der Waals surface area contributed by atoms with Gasteiger partial charge in [-0.15, -0.1) is 0 Å². The first kappa shape index (κ1) is 20.5. The largest absolute Gasteiger partial charge is 0.493 e. The van der Waals surface area contributed by atoms with Crippen molar-refractivity contribution in [3.05, 3.63) is 65.2 Å². The van der Waals surface area contributed by atoms with E-state index in [9.17, 15) is 8.78 Å². The molecule has 0 saturated carbocycles. The van der Waals surface area contributed by atoms with Crippen molar-refractivity contribution < 1.29 is 18.3 Å². The minimum atomic E-state index is -0.916. The fraction of sp³-hybridized carbons (Fsp3) is 0.429. The number of benzene rings is 1. The molecule has 7 nitrogen and oxygen atoms in total. The second-order valence-electron chi connectivity index (χ2n) is 7.48. The Balaban J connectivity index is 1.33. The van der Waals surface area contributed by atoms with Crippen molar-refractivity contribution in [1.82, 2.24) is 24.5 Å². The lowest BCUT2D eigenvalue weighted by atomic mass is 10.1. The van der Waals surface area contributed by atoms with Crippen LogP contribution in [-0.4, -0.2) is 50.8 Å². The van der Waals surface area contributed by atoms with Crippen LogP contribution in [0.2, 0.25) is 0 Å². The Bertz CT molecular complexity index is 1000. The molecule has 1 aromatic carbocycles. The quantitative estimate of drug-likeness (QED) is 0.592. The van der Waals surface area contributed by atoms with Gasteiger partial charge in [0.2, 0.25) is 0 Å². The number of hydrogen-bond acceptors (Lipinski definition) is 5. The van der Waals surface area contributed by atoms with Gasteiger partial charge in [-0.1, -0.05) is 0 Å². The van der Waals surface area contributed by atoms with Crippen LogP contribution in [-0.2, 0) is 31.8 Å². The highest BCUT2D eigenvalue weighted by Crippen LogP contribution is 2.23. The first-order valence-corrected chi connectivity index (χ1v) is 9.90. The lowest BCUT2D eigenvalue weighted by molar-refractivity contribution is -0.0352. The Kier molecular flexibility index (Phi) is 6.10. The van der Waals surface area contributed by atoms with Crippen molar-refractivity contribution in [2.24, 2.45) is 14.1 Å². The van der Waals surface area contributed by atoms with E-state index in [2.05, 4.69) is 15.1 Å². The number of aromatic nitrogens is 4. The van der Waals surface area contributed by atoms with E-state index in [1.165, 1.54) is 11.6 Å². The first-order valence-electron chi connectivity index (χ1n) is 9.90. The van der Waals surface area contributed by atoms with Crippen LogP contribution in [0.1, 0.15) is 23.1 Å². The average molecular weight is 417 g/mol. The fourth-order valence-electron chi connectivity index (χ4n) is 3.60. The second kappa shape index (κ2) is 8.93. The molecule has 0 aliphatic carbocycles. The van der Waals surface area contributed by atoms with E-state index in [0.717, 1.165) is 43.2 Å². The summed E-state index contributed by atoms with van der Waals surface area (Å²) in [6.45, 7) is 3.44. The summed E-state index contributed by atoms with van der Waals surface area (Å²) in [4.78, 5) is 2.34. The van der Waals surface area contributed by atoms with Gasteiger partial charge in [-0.3, -0.25) is 14.3 Å².